The van der Waals surface area contributed by atoms with Crippen LogP contribution in [-0.2, 0) is 13.0 Å². The molecule has 1 amide bonds. The van der Waals surface area contributed by atoms with E-state index in [1.165, 1.54) is 6.07 Å². The summed E-state index contributed by atoms with van der Waals surface area (Å²) in [5, 5.41) is 10.7. The van der Waals surface area contributed by atoms with Gasteiger partial charge in [-0.15, -0.1) is 10.2 Å². The predicted molar refractivity (Wildman–Crippen MR) is 82.8 cm³/mol. The minimum Gasteiger partial charge on any atom is -0.352 e. The van der Waals surface area contributed by atoms with Crippen LogP contribution in [0.3, 0.4) is 0 Å². The maximum atomic E-state index is 12.0. The highest BCUT2D eigenvalue weighted by molar-refractivity contribution is 5.93. The van der Waals surface area contributed by atoms with Gasteiger partial charge in [-0.05, 0) is 26.8 Å². The van der Waals surface area contributed by atoms with Crippen molar-refractivity contribution < 1.29 is 4.79 Å². The fraction of sp³-hybridized carbons (Fsp3) is 0.467. The number of nitrogens with zero attached hydrogens (tertiary/aromatic N) is 4. The number of carbonyl (C=O) groups is 1. The van der Waals surface area contributed by atoms with Crippen LogP contribution in [-0.4, -0.2) is 31.8 Å². The Bertz CT molecular complexity index is 702. The van der Waals surface area contributed by atoms with Gasteiger partial charge in [-0.2, -0.15) is 0 Å². The van der Waals surface area contributed by atoms with Crippen molar-refractivity contribution in [2.75, 3.05) is 6.54 Å². The first kappa shape index (κ1) is 15.9. The highest BCUT2D eigenvalue weighted by Crippen LogP contribution is 2.06. The first-order valence-electron chi connectivity index (χ1n) is 7.40. The van der Waals surface area contributed by atoms with Crippen LogP contribution in [0.15, 0.2) is 29.5 Å². The van der Waals surface area contributed by atoms with E-state index in [9.17, 15) is 9.59 Å². The molecule has 0 aliphatic carbocycles. The molecule has 0 radical (unpaired) electrons. The zero-order valence-electron chi connectivity index (χ0n) is 13.1. The first-order valence-corrected chi connectivity index (χ1v) is 7.40. The Balaban J connectivity index is 1.94. The Hall–Kier alpha value is -2.44. The van der Waals surface area contributed by atoms with Gasteiger partial charge in [0.15, 0.2) is 0 Å². The van der Waals surface area contributed by atoms with Crippen LogP contribution in [0.25, 0.3) is 0 Å². The maximum absolute atomic E-state index is 12.0. The molecule has 118 valence electrons. The summed E-state index contributed by atoms with van der Waals surface area (Å²) in [6.45, 7) is 7.01. The molecule has 7 heteroatoms. The number of carbonyl (C=O) groups excluding carboxylic acids is 1. The van der Waals surface area contributed by atoms with Crippen LogP contribution < -0.4 is 10.9 Å². The third kappa shape index (κ3) is 3.60. The third-order valence-electron chi connectivity index (χ3n) is 3.44. The second kappa shape index (κ2) is 7.02. The highest BCUT2D eigenvalue weighted by atomic mass is 16.2. The highest BCUT2D eigenvalue weighted by Gasteiger charge is 2.10. The number of aryl methyl sites for hydroxylation is 1. The Labute approximate surface area is 129 Å². The minimum atomic E-state index is -0.254. The molecule has 0 spiro atoms. The minimum absolute atomic E-state index is 0.172. The van der Waals surface area contributed by atoms with Gasteiger partial charge in [-0.1, -0.05) is 0 Å². The molecule has 0 aromatic carbocycles. The van der Waals surface area contributed by atoms with Gasteiger partial charge in [0.25, 0.3) is 11.5 Å². The van der Waals surface area contributed by atoms with Gasteiger partial charge in [0, 0.05) is 43.4 Å². The van der Waals surface area contributed by atoms with E-state index >= 15 is 0 Å². The van der Waals surface area contributed by atoms with Crippen molar-refractivity contribution in [3.05, 3.63) is 46.4 Å². The Kier molecular flexibility index (Phi) is 5.08. The monoisotopic (exact) mass is 303 g/mol. The van der Waals surface area contributed by atoms with Crippen LogP contribution in [0.5, 0.6) is 0 Å². The molecule has 2 heterocycles. The molecular formula is C15H21N5O2. The lowest BCUT2D eigenvalue weighted by atomic mass is 10.2. The summed E-state index contributed by atoms with van der Waals surface area (Å²) in [5.41, 5.74) is 0.203. The molecule has 2 rings (SSSR count). The van der Waals surface area contributed by atoms with E-state index in [1.54, 1.807) is 23.2 Å². The van der Waals surface area contributed by atoms with E-state index in [4.69, 9.17) is 0 Å². The normalized spacial score (nSPS) is 10.9. The average Bonchev–Trinajstić information content (AvgIpc) is 2.95. The van der Waals surface area contributed by atoms with Gasteiger partial charge in [0.1, 0.15) is 12.2 Å². The molecule has 0 unspecified atom stereocenters. The van der Waals surface area contributed by atoms with E-state index < -0.39 is 0 Å². The molecule has 0 fully saturated rings. The Morgan fingerprint density at radius 1 is 1.41 bits per heavy atom. The summed E-state index contributed by atoms with van der Waals surface area (Å²) >= 11 is 0. The number of aromatic nitrogens is 4. The van der Waals surface area contributed by atoms with Crippen molar-refractivity contribution >= 4 is 5.91 Å². The molecule has 1 N–H and O–H groups in total. The number of pyridine rings is 1. The van der Waals surface area contributed by atoms with Gasteiger partial charge in [-0.3, -0.25) is 9.59 Å². The van der Waals surface area contributed by atoms with E-state index in [-0.39, 0.29) is 17.5 Å². The largest absolute Gasteiger partial charge is 0.352 e. The summed E-state index contributed by atoms with van der Waals surface area (Å²) in [6, 6.07) is 3.29. The third-order valence-corrected chi connectivity index (χ3v) is 3.44. The summed E-state index contributed by atoms with van der Waals surface area (Å²) in [7, 11) is 0. The fourth-order valence-electron chi connectivity index (χ4n) is 2.18. The van der Waals surface area contributed by atoms with Gasteiger partial charge in [0.05, 0.1) is 0 Å². The lowest BCUT2D eigenvalue weighted by molar-refractivity contribution is 0.0953. The quantitative estimate of drug-likeness (QED) is 0.863. The molecular weight excluding hydrogens is 282 g/mol. The molecule has 0 saturated heterocycles. The molecule has 22 heavy (non-hydrogen) atoms. The number of hydrogen-bond donors (Lipinski definition) is 1. The van der Waals surface area contributed by atoms with Crippen LogP contribution in [0, 0.1) is 0 Å². The maximum Gasteiger partial charge on any atom is 0.251 e. The topological polar surface area (TPSA) is 81.8 Å². The lowest BCUT2D eigenvalue weighted by Crippen LogP contribution is -2.28. The molecule has 2 aromatic rings. The molecule has 0 aliphatic heterocycles. The smallest absolute Gasteiger partial charge is 0.251 e. The Morgan fingerprint density at radius 3 is 2.82 bits per heavy atom. The Morgan fingerprint density at radius 2 is 2.18 bits per heavy atom. The van der Waals surface area contributed by atoms with Crippen molar-refractivity contribution in [1.29, 1.82) is 0 Å². The van der Waals surface area contributed by atoms with Crippen molar-refractivity contribution in [3.8, 4) is 0 Å². The van der Waals surface area contributed by atoms with E-state index in [2.05, 4.69) is 15.5 Å². The van der Waals surface area contributed by atoms with Gasteiger partial charge < -0.3 is 14.5 Å². The first-order chi connectivity index (χ1) is 10.5. The summed E-state index contributed by atoms with van der Waals surface area (Å²) in [6.07, 6.45) is 3.91. The SMILES string of the molecule is CCn1ccc(C(=O)NCCc2nncn2C(C)C)cc1=O. The van der Waals surface area contributed by atoms with E-state index in [0.717, 1.165) is 5.82 Å². The number of rotatable bonds is 6. The van der Waals surface area contributed by atoms with E-state index in [0.29, 0.717) is 25.1 Å². The molecule has 0 saturated carbocycles. The zero-order chi connectivity index (χ0) is 16.1. The number of amides is 1. The van der Waals surface area contributed by atoms with Crippen LogP contribution in [0.1, 0.15) is 43.0 Å². The van der Waals surface area contributed by atoms with Crippen molar-refractivity contribution in [3.63, 3.8) is 0 Å². The fourth-order valence-corrected chi connectivity index (χ4v) is 2.18. The molecule has 0 bridgehead atoms. The van der Waals surface area contributed by atoms with E-state index in [1.807, 2.05) is 25.3 Å². The second-order valence-electron chi connectivity index (χ2n) is 5.29. The zero-order valence-corrected chi connectivity index (χ0v) is 13.1. The van der Waals surface area contributed by atoms with Crippen LogP contribution in [0.4, 0.5) is 0 Å². The summed E-state index contributed by atoms with van der Waals surface area (Å²) in [4.78, 5) is 23.8. The van der Waals surface area contributed by atoms with Gasteiger partial charge >= 0.3 is 0 Å². The van der Waals surface area contributed by atoms with Gasteiger partial charge in [-0.25, -0.2) is 0 Å². The molecule has 0 atom stereocenters. The molecule has 7 nitrogen and oxygen atoms in total. The van der Waals surface area contributed by atoms with Gasteiger partial charge in [0.2, 0.25) is 0 Å². The standard InChI is InChI=1S/C15H21N5O2/c1-4-19-8-6-12(9-14(19)21)15(22)16-7-5-13-18-17-10-20(13)11(2)3/h6,8-11H,4-5,7H2,1-3H3,(H,16,22). The number of nitrogens with one attached hydrogen (secondary N) is 1. The number of hydrogen-bond acceptors (Lipinski definition) is 4. The van der Waals surface area contributed by atoms with Crippen molar-refractivity contribution in [2.24, 2.45) is 0 Å². The van der Waals surface area contributed by atoms with Crippen LogP contribution >= 0.6 is 0 Å². The molecule has 2 aromatic heterocycles. The van der Waals surface area contributed by atoms with Crippen LogP contribution in [0.2, 0.25) is 0 Å². The summed E-state index contributed by atoms with van der Waals surface area (Å²) < 4.78 is 3.51. The average molecular weight is 303 g/mol. The summed E-state index contributed by atoms with van der Waals surface area (Å²) in [5.74, 6) is 0.577. The predicted octanol–water partition coefficient (Wildman–Crippen LogP) is 1.01. The molecule has 0 aliphatic rings. The van der Waals surface area contributed by atoms with Crippen molar-refractivity contribution in [1.82, 2.24) is 24.6 Å². The van der Waals surface area contributed by atoms with Crippen molar-refractivity contribution in [2.45, 2.75) is 39.8 Å². The second-order valence-corrected chi connectivity index (χ2v) is 5.29. The lowest BCUT2D eigenvalue weighted by Gasteiger charge is -2.10.